The van der Waals surface area contributed by atoms with Crippen molar-refractivity contribution in [3.63, 3.8) is 0 Å². The number of esters is 1. The van der Waals surface area contributed by atoms with Crippen molar-refractivity contribution in [2.45, 2.75) is 25.5 Å². The second-order valence-electron chi connectivity index (χ2n) is 4.76. The summed E-state index contributed by atoms with van der Waals surface area (Å²) in [6.45, 7) is 0.184. The zero-order valence-corrected chi connectivity index (χ0v) is 10.3. The molecule has 0 saturated carbocycles. The van der Waals surface area contributed by atoms with E-state index in [0.29, 0.717) is 18.5 Å². The summed E-state index contributed by atoms with van der Waals surface area (Å²) in [6.07, 6.45) is 1.04. The van der Waals surface area contributed by atoms with Crippen LogP contribution in [0.3, 0.4) is 0 Å². The Morgan fingerprint density at radius 1 is 1.32 bits per heavy atom. The van der Waals surface area contributed by atoms with E-state index >= 15 is 0 Å². The lowest BCUT2D eigenvalue weighted by Gasteiger charge is -2.35. The molecule has 1 aromatic rings. The quantitative estimate of drug-likeness (QED) is 0.646. The number of benzene rings is 1. The van der Waals surface area contributed by atoms with Crippen LogP contribution in [0.2, 0.25) is 0 Å². The summed E-state index contributed by atoms with van der Waals surface area (Å²) in [5, 5.41) is 0. The Hall–Kier alpha value is -2.30. The van der Waals surface area contributed by atoms with E-state index in [0.717, 1.165) is 5.56 Å². The Kier molecular flexibility index (Phi) is 2.74. The zero-order chi connectivity index (χ0) is 13.4. The van der Waals surface area contributed by atoms with Crippen LogP contribution in [0.5, 0.6) is 0 Å². The van der Waals surface area contributed by atoms with Gasteiger partial charge in [0.05, 0.1) is 6.04 Å². The van der Waals surface area contributed by atoms with Crippen LogP contribution in [0.25, 0.3) is 0 Å². The number of nitrogens with zero attached hydrogens (tertiary/aromatic N) is 1. The number of nitrogens with two attached hydrogens (primary N) is 1. The second kappa shape index (κ2) is 4.42. The molecule has 1 amide bonds. The molecular formula is C14H14N2O3. The number of rotatable bonds is 3. The Bertz CT molecular complexity index is 565. The number of ether oxygens (including phenoxy) is 1. The summed E-state index contributed by atoms with van der Waals surface area (Å²) in [5.41, 5.74) is 7.41. The molecular weight excluding hydrogens is 244 g/mol. The van der Waals surface area contributed by atoms with E-state index in [1.54, 1.807) is 0 Å². The minimum atomic E-state index is -0.517. The number of carbonyl (C=O) groups is 2. The van der Waals surface area contributed by atoms with Gasteiger partial charge in [-0.05, 0) is 5.56 Å². The first-order chi connectivity index (χ1) is 9.16. The largest absolute Gasteiger partial charge is 0.456 e. The van der Waals surface area contributed by atoms with Gasteiger partial charge in [0.2, 0.25) is 5.91 Å². The number of β-lactam (4-membered cyclic amide) rings is 1. The Morgan fingerprint density at radius 2 is 2.05 bits per heavy atom. The summed E-state index contributed by atoms with van der Waals surface area (Å²) in [4.78, 5) is 24.9. The van der Waals surface area contributed by atoms with E-state index in [2.05, 4.69) is 0 Å². The molecule has 5 heteroatoms. The monoisotopic (exact) mass is 258 g/mol. The van der Waals surface area contributed by atoms with E-state index < -0.39 is 5.97 Å². The van der Waals surface area contributed by atoms with Gasteiger partial charge in [0.15, 0.2) is 0 Å². The fourth-order valence-corrected chi connectivity index (χ4v) is 2.48. The van der Waals surface area contributed by atoms with Crippen molar-refractivity contribution in [2.24, 2.45) is 5.73 Å². The average Bonchev–Trinajstić information content (AvgIpc) is 2.68. The lowest BCUT2D eigenvalue weighted by Crippen LogP contribution is -2.49. The molecule has 0 radical (unpaired) electrons. The number of hydrogen-bond acceptors (Lipinski definition) is 4. The maximum atomic E-state index is 12.0. The topological polar surface area (TPSA) is 72.6 Å². The Morgan fingerprint density at radius 3 is 2.74 bits per heavy atom. The molecule has 2 heterocycles. The number of carbonyl (C=O) groups excluding carboxylic acids is 2. The molecule has 19 heavy (non-hydrogen) atoms. The number of amides is 1. The molecule has 1 fully saturated rings. The third-order valence-electron chi connectivity index (χ3n) is 3.45. The minimum absolute atomic E-state index is 0.0582. The highest BCUT2D eigenvalue weighted by Crippen LogP contribution is 2.36. The molecule has 0 bridgehead atoms. The van der Waals surface area contributed by atoms with Gasteiger partial charge in [-0.2, -0.15) is 0 Å². The second-order valence-corrected chi connectivity index (χ2v) is 4.76. The average molecular weight is 258 g/mol. The first-order valence-electron chi connectivity index (χ1n) is 6.18. The van der Waals surface area contributed by atoms with Gasteiger partial charge in [0.1, 0.15) is 12.3 Å². The van der Waals surface area contributed by atoms with Gasteiger partial charge < -0.3 is 15.4 Å². The lowest BCUT2D eigenvalue weighted by atomic mass is 10.0. The fraction of sp³-hybridized carbons (Fsp3) is 0.286. The summed E-state index contributed by atoms with van der Waals surface area (Å²) in [5.74, 6) is -0.575. The molecule has 0 spiro atoms. The lowest BCUT2D eigenvalue weighted by molar-refractivity contribution is -0.151. The maximum Gasteiger partial charge on any atom is 0.357 e. The van der Waals surface area contributed by atoms with Gasteiger partial charge in [-0.3, -0.25) is 4.79 Å². The summed E-state index contributed by atoms with van der Waals surface area (Å²) >= 11 is 0. The molecule has 1 saturated heterocycles. The normalized spacial score (nSPS) is 21.2. The van der Waals surface area contributed by atoms with Gasteiger partial charge in [0, 0.05) is 18.5 Å². The predicted molar refractivity (Wildman–Crippen MR) is 67.3 cm³/mol. The van der Waals surface area contributed by atoms with E-state index in [1.165, 1.54) is 4.90 Å². The molecule has 2 aliphatic heterocycles. The number of fused-ring (bicyclic) bond motifs is 1. The smallest absolute Gasteiger partial charge is 0.357 e. The first kappa shape index (κ1) is 11.8. The van der Waals surface area contributed by atoms with E-state index in [-0.39, 0.29) is 24.3 Å². The minimum Gasteiger partial charge on any atom is -0.456 e. The van der Waals surface area contributed by atoms with Crippen LogP contribution in [0, 0.1) is 0 Å². The van der Waals surface area contributed by atoms with Gasteiger partial charge in [-0.1, -0.05) is 30.3 Å². The maximum absolute atomic E-state index is 12.0. The van der Waals surface area contributed by atoms with Crippen LogP contribution in [0.4, 0.5) is 0 Å². The summed E-state index contributed by atoms with van der Waals surface area (Å²) in [7, 11) is 0. The highest BCUT2D eigenvalue weighted by molar-refractivity contribution is 5.98. The molecule has 2 N–H and O–H groups in total. The molecule has 98 valence electrons. The van der Waals surface area contributed by atoms with Gasteiger partial charge in [0.25, 0.3) is 0 Å². The van der Waals surface area contributed by atoms with Gasteiger partial charge in [-0.15, -0.1) is 0 Å². The standard InChI is InChI=1S/C14H14N2O3/c15-11-6-10-7-12(17)16(10)13(11)14(18)19-8-9-4-2-1-3-5-9/h1-5,10H,6-8,15H2/t10-/m1/s1. The molecule has 0 aromatic heterocycles. The highest BCUT2D eigenvalue weighted by Gasteiger charge is 2.47. The third kappa shape index (κ3) is 1.97. The van der Waals surface area contributed by atoms with Crippen LogP contribution >= 0.6 is 0 Å². The van der Waals surface area contributed by atoms with Crippen molar-refractivity contribution in [2.75, 3.05) is 0 Å². The van der Waals surface area contributed by atoms with Crippen LogP contribution in [-0.2, 0) is 20.9 Å². The number of hydrogen-bond donors (Lipinski definition) is 1. The van der Waals surface area contributed by atoms with Crippen molar-refractivity contribution in [1.29, 1.82) is 0 Å². The molecule has 0 aliphatic carbocycles. The molecule has 2 aliphatic rings. The Balaban J connectivity index is 1.68. The van der Waals surface area contributed by atoms with E-state index in [1.807, 2.05) is 30.3 Å². The summed E-state index contributed by atoms with van der Waals surface area (Å²) in [6, 6.07) is 9.45. The van der Waals surface area contributed by atoms with E-state index in [4.69, 9.17) is 10.5 Å². The van der Waals surface area contributed by atoms with Crippen molar-refractivity contribution < 1.29 is 14.3 Å². The van der Waals surface area contributed by atoms with Crippen molar-refractivity contribution in [3.05, 3.63) is 47.3 Å². The molecule has 1 aromatic carbocycles. The van der Waals surface area contributed by atoms with Crippen molar-refractivity contribution in [1.82, 2.24) is 4.90 Å². The van der Waals surface area contributed by atoms with Crippen LogP contribution in [-0.4, -0.2) is 22.8 Å². The van der Waals surface area contributed by atoms with Crippen molar-refractivity contribution >= 4 is 11.9 Å². The SMILES string of the molecule is NC1=C(C(=O)OCc2ccccc2)N2C(=O)C[C@H]2C1. The van der Waals surface area contributed by atoms with E-state index in [9.17, 15) is 9.59 Å². The zero-order valence-electron chi connectivity index (χ0n) is 10.3. The fourth-order valence-electron chi connectivity index (χ4n) is 2.48. The highest BCUT2D eigenvalue weighted by atomic mass is 16.5. The molecule has 5 nitrogen and oxygen atoms in total. The summed E-state index contributed by atoms with van der Waals surface area (Å²) < 4.78 is 5.21. The van der Waals surface area contributed by atoms with Crippen LogP contribution < -0.4 is 5.73 Å². The molecule has 1 atom stereocenters. The first-order valence-corrected chi connectivity index (χ1v) is 6.18. The molecule has 0 unspecified atom stereocenters. The Labute approximate surface area is 110 Å². The van der Waals surface area contributed by atoms with Crippen molar-refractivity contribution in [3.8, 4) is 0 Å². The third-order valence-corrected chi connectivity index (χ3v) is 3.45. The van der Waals surface area contributed by atoms with Gasteiger partial charge >= 0.3 is 5.97 Å². The van der Waals surface area contributed by atoms with Gasteiger partial charge in [-0.25, -0.2) is 4.79 Å². The predicted octanol–water partition coefficient (Wildman–Crippen LogP) is 0.905. The van der Waals surface area contributed by atoms with Crippen LogP contribution in [0.1, 0.15) is 18.4 Å². The molecule has 3 rings (SSSR count). The van der Waals surface area contributed by atoms with Crippen LogP contribution in [0.15, 0.2) is 41.7 Å².